The van der Waals surface area contributed by atoms with Crippen LogP contribution in [0, 0.1) is 16.0 Å². The Morgan fingerprint density at radius 1 is 1.50 bits per heavy atom. The van der Waals surface area contributed by atoms with Gasteiger partial charge >= 0.3 is 6.03 Å². The Morgan fingerprint density at radius 2 is 2.15 bits per heavy atom. The lowest BCUT2D eigenvalue weighted by atomic mass is 10.1. The summed E-state index contributed by atoms with van der Waals surface area (Å²) in [7, 11) is 0. The van der Waals surface area contributed by atoms with Gasteiger partial charge in [0.2, 0.25) is 0 Å². The number of carbonyl (C=O) groups is 1. The molecule has 1 aromatic rings. The van der Waals surface area contributed by atoms with E-state index in [1.165, 1.54) is 12.1 Å². The summed E-state index contributed by atoms with van der Waals surface area (Å²) < 4.78 is 0. The van der Waals surface area contributed by atoms with Gasteiger partial charge in [0, 0.05) is 12.1 Å². The minimum absolute atomic E-state index is 0.0677. The molecule has 0 aliphatic rings. The molecule has 0 saturated heterocycles. The summed E-state index contributed by atoms with van der Waals surface area (Å²) in [6.07, 6.45) is 0. The lowest BCUT2D eigenvalue weighted by Gasteiger charge is -2.20. The van der Waals surface area contributed by atoms with Crippen molar-refractivity contribution in [3.63, 3.8) is 0 Å². The molecule has 20 heavy (non-hydrogen) atoms. The van der Waals surface area contributed by atoms with Crippen molar-refractivity contribution in [1.82, 2.24) is 5.32 Å². The van der Waals surface area contributed by atoms with Gasteiger partial charge in [-0.3, -0.25) is 10.1 Å². The molecule has 3 N–H and O–H groups in total. The van der Waals surface area contributed by atoms with Gasteiger partial charge in [0.25, 0.3) is 5.69 Å². The van der Waals surface area contributed by atoms with Crippen LogP contribution in [0.1, 0.15) is 13.8 Å². The van der Waals surface area contributed by atoms with Crippen LogP contribution in [0.25, 0.3) is 0 Å². The molecule has 1 rings (SSSR count). The zero-order valence-electron chi connectivity index (χ0n) is 11.1. The predicted molar refractivity (Wildman–Crippen MR) is 76.0 cm³/mol. The van der Waals surface area contributed by atoms with Gasteiger partial charge in [-0.05, 0) is 12.0 Å². The Hall–Kier alpha value is -1.86. The third kappa shape index (κ3) is 4.36. The number of aliphatic hydroxyl groups is 1. The zero-order valence-corrected chi connectivity index (χ0v) is 11.8. The molecule has 0 unspecified atom stereocenters. The summed E-state index contributed by atoms with van der Waals surface area (Å²) in [5.41, 5.74) is 0.103. The molecule has 0 aliphatic heterocycles. The van der Waals surface area contributed by atoms with Gasteiger partial charge in [-0.15, -0.1) is 0 Å². The van der Waals surface area contributed by atoms with Crippen molar-refractivity contribution < 1.29 is 14.8 Å². The fourth-order valence-electron chi connectivity index (χ4n) is 1.47. The molecule has 8 heteroatoms. The van der Waals surface area contributed by atoms with Crippen molar-refractivity contribution in [2.75, 3.05) is 11.9 Å². The molecular formula is C12H16ClN3O4. The minimum atomic E-state index is -0.573. The fourth-order valence-corrected chi connectivity index (χ4v) is 1.69. The quantitative estimate of drug-likeness (QED) is 0.573. The Labute approximate surface area is 121 Å². The van der Waals surface area contributed by atoms with E-state index in [0.717, 1.165) is 6.07 Å². The second-order valence-corrected chi connectivity index (χ2v) is 4.96. The van der Waals surface area contributed by atoms with Crippen molar-refractivity contribution >= 4 is 29.0 Å². The standard InChI is InChI=1S/C12H16ClN3O4/c1-7(2)11(6-17)15-12(18)14-10-4-3-8(16(19)20)5-9(10)13/h3-5,7,11,17H,6H2,1-2H3,(H2,14,15,18)/t11-/m1/s1. The number of rotatable bonds is 5. The summed E-state index contributed by atoms with van der Waals surface area (Å²) in [6, 6.07) is 2.83. The molecule has 110 valence electrons. The molecule has 0 bridgehead atoms. The van der Waals surface area contributed by atoms with E-state index in [4.69, 9.17) is 16.7 Å². The molecule has 0 spiro atoms. The molecule has 1 atom stereocenters. The zero-order chi connectivity index (χ0) is 15.3. The van der Waals surface area contributed by atoms with Gasteiger partial charge in [-0.1, -0.05) is 25.4 Å². The largest absolute Gasteiger partial charge is 0.394 e. The highest BCUT2D eigenvalue weighted by Gasteiger charge is 2.16. The van der Waals surface area contributed by atoms with E-state index in [2.05, 4.69) is 10.6 Å². The number of nitro groups is 1. The molecule has 0 fully saturated rings. The predicted octanol–water partition coefficient (Wildman–Crippen LogP) is 2.39. The first-order valence-corrected chi connectivity index (χ1v) is 6.35. The summed E-state index contributed by atoms with van der Waals surface area (Å²) >= 11 is 5.85. The van der Waals surface area contributed by atoms with Crippen LogP contribution in [-0.4, -0.2) is 28.7 Å². The smallest absolute Gasteiger partial charge is 0.319 e. The van der Waals surface area contributed by atoms with E-state index in [1.807, 2.05) is 13.8 Å². The van der Waals surface area contributed by atoms with Crippen LogP contribution in [0.2, 0.25) is 5.02 Å². The molecule has 0 saturated carbocycles. The van der Waals surface area contributed by atoms with Crippen LogP contribution < -0.4 is 10.6 Å². The monoisotopic (exact) mass is 301 g/mol. The second kappa shape index (κ2) is 7.06. The average Bonchev–Trinajstić information content (AvgIpc) is 2.37. The molecule has 2 amide bonds. The minimum Gasteiger partial charge on any atom is -0.394 e. The molecular weight excluding hydrogens is 286 g/mol. The van der Waals surface area contributed by atoms with Crippen LogP contribution >= 0.6 is 11.6 Å². The van der Waals surface area contributed by atoms with Crippen LogP contribution in [0.3, 0.4) is 0 Å². The second-order valence-electron chi connectivity index (χ2n) is 4.55. The molecule has 1 aromatic carbocycles. The van der Waals surface area contributed by atoms with Gasteiger partial charge in [0.05, 0.1) is 28.3 Å². The van der Waals surface area contributed by atoms with Crippen molar-refractivity contribution in [2.24, 2.45) is 5.92 Å². The number of nitrogens with zero attached hydrogens (tertiary/aromatic N) is 1. The molecule has 0 aromatic heterocycles. The summed E-state index contributed by atoms with van der Waals surface area (Å²) in [4.78, 5) is 21.7. The first-order chi connectivity index (χ1) is 9.35. The highest BCUT2D eigenvalue weighted by Crippen LogP contribution is 2.26. The van der Waals surface area contributed by atoms with Crippen LogP contribution in [0.5, 0.6) is 0 Å². The maximum absolute atomic E-state index is 11.7. The number of halogens is 1. The summed E-state index contributed by atoms with van der Waals surface area (Å²) in [5.74, 6) is 0.0677. The summed E-state index contributed by atoms with van der Waals surface area (Å²) in [6.45, 7) is 3.54. The van der Waals surface area contributed by atoms with Gasteiger partial charge in [-0.2, -0.15) is 0 Å². The first-order valence-electron chi connectivity index (χ1n) is 5.97. The number of anilines is 1. The number of urea groups is 1. The van der Waals surface area contributed by atoms with E-state index in [1.54, 1.807) is 0 Å². The van der Waals surface area contributed by atoms with Crippen molar-refractivity contribution in [3.05, 3.63) is 33.3 Å². The van der Waals surface area contributed by atoms with Gasteiger partial charge in [0.15, 0.2) is 0 Å². The topological polar surface area (TPSA) is 104 Å². The maximum Gasteiger partial charge on any atom is 0.319 e. The van der Waals surface area contributed by atoms with Crippen molar-refractivity contribution in [1.29, 1.82) is 0 Å². The highest BCUT2D eigenvalue weighted by molar-refractivity contribution is 6.33. The third-order valence-corrected chi connectivity index (χ3v) is 3.04. The van der Waals surface area contributed by atoms with E-state index in [-0.39, 0.29) is 35.0 Å². The van der Waals surface area contributed by atoms with Crippen molar-refractivity contribution in [3.8, 4) is 0 Å². The van der Waals surface area contributed by atoms with Gasteiger partial charge in [0.1, 0.15) is 0 Å². The van der Waals surface area contributed by atoms with E-state index in [0.29, 0.717) is 0 Å². The van der Waals surface area contributed by atoms with Gasteiger partial charge < -0.3 is 15.7 Å². The number of non-ortho nitro benzene ring substituents is 1. The first kappa shape index (κ1) is 16.2. The number of aliphatic hydroxyl groups excluding tert-OH is 1. The SMILES string of the molecule is CC(C)[C@@H](CO)NC(=O)Nc1ccc([N+](=O)[O-])cc1Cl. The molecule has 7 nitrogen and oxygen atoms in total. The molecule has 0 heterocycles. The van der Waals surface area contributed by atoms with Crippen LogP contribution in [-0.2, 0) is 0 Å². The number of amides is 2. The van der Waals surface area contributed by atoms with E-state index < -0.39 is 11.0 Å². The number of hydrogen-bond donors (Lipinski definition) is 3. The number of carbonyl (C=O) groups excluding carboxylic acids is 1. The molecule has 0 aliphatic carbocycles. The van der Waals surface area contributed by atoms with Crippen LogP contribution in [0.15, 0.2) is 18.2 Å². The number of nitrogens with one attached hydrogen (secondary N) is 2. The number of hydrogen-bond acceptors (Lipinski definition) is 4. The number of benzene rings is 1. The summed E-state index contributed by atoms with van der Waals surface area (Å²) in [5, 5.41) is 24.8. The van der Waals surface area contributed by atoms with Crippen LogP contribution in [0.4, 0.5) is 16.2 Å². The Balaban J connectivity index is 2.73. The third-order valence-electron chi connectivity index (χ3n) is 2.73. The number of nitro benzene ring substituents is 1. The van der Waals surface area contributed by atoms with Gasteiger partial charge in [-0.25, -0.2) is 4.79 Å². The Morgan fingerprint density at radius 3 is 2.60 bits per heavy atom. The lowest BCUT2D eigenvalue weighted by Crippen LogP contribution is -2.43. The normalized spacial score (nSPS) is 12.1. The van der Waals surface area contributed by atoms with E-state index >= 15 is 0 Å². The van der Waals surface area contributed by atoms with E-state index in [9.17, 15) is 14.9 Å². The molecule has 0 radical (unpaired) electrons. The fraction of sp³-hybridized carbons (Fsp3) is 0.417. The highest BCUT2D eigenvalue weighted by atomic mass is 35.5. The Kier molecular flexibility index (Phi) is 5.72. The lowest BCUT2D eigenvalue weighted by molar-refractivity contribution is -0.384. The maximum atomic E-state index is 11.7. The Bertz CT molecular complexity index is 507. The average molecular weight is 302 g/mol. The van der Waals surface area contributed by atoms with Crippen molar-refractivity contribution in [2.45, 2.75) is 19.9 Å².